The summed E-state index contributed by atoms with van der Waals surface area (Å²) in [6.07, 6.45) is -4.73. The molecule has 15 heavy (non-hydrogen) atoms. The van der Waals surface area contributed by atoms with Crippen LogP contribution in [0.3, 0.4) is 0 Å². The Balaban J connectivity index is 3.54. The first kappa shape index (κ1) is 12.0. The Bertz CT molecular complexity index is 417. The van der Waals surface area contributed by atoms with E-state index in [-0.39, 0.29) is 10.0 Å². The molecule has 3 nitrogen and oxygen atoms in total. The summed E-state index contributed by atoms with van der Waals surface area (Å²) in [5.74, 6) is 0. The van der Waals surface area contributed by atoms with Crippen LogP contribution in [0, 0.1) is 17.0 Å². The number of rotatable bonds is 1. The Labute approximate surface area is 91.2 Å². The van der Waals surface area contributed by atoms with Crippen LogP contribution < -0.4 is 0 Å². The first-order chi connectivity index (χ1) is 6.73. The van der Waals surface area contributed by atoms with Crippen molar-refractivity contribution in [2.45, 2.75) is 13.1 Å². The second-order valence-corrected chi connectivity index (χ2v) is 3.79. The van der Waals surface area contributed by atoms with E-state index in [2.05, 4.69) is 15.9 Å². The van der Waals surface area contributed by atoms with Crippen LogP contribution in [0.15, 0.2) is 16.6 Å². The van der Waals surface area contributed by atoms with Gasteiger partial charge in [-0.25, -0.2) is 0 Å². The molecule has 0 saturated carbocycles. The SMILES string of the molecule is Cc1cc(Br)cc(C(F)(F)F)c1[N+](=O)[O-]. The molecule has 0 saturated heterocycles. The fourth-order valence-electron chi connectivity index (χ4n) is 1.19. The molecule has 0 heterocycles. The summed E-state index contributed by atoms with van der Waals surface area (Å²) in [5, 5.41) is 10.5. The molecule has 0 aliphatic carbocycles. The molecule has 1 aromatic carbocycles. The van der Waals surface area contributed by atoms with Gasteiger partial charge >= 0.3 is 6.18 Å². The largest absolute Gasteiger partial charge is 0.423 e. The van der Waals surface area contributed by atoms with Crippen molar-refractivity contribution in [1.29, 1.82) is 0 Å². The minimum atomic E-state index is -4.73. The zero-order valence-corrected chi connectivity index (χ0v) is 9.02. The Hall–Kier alpha value is -1.11. The monoisotopic (exact) mass is 283 g/mol. The number of nitrogens with zero attached hydrogens (tertiary/aromatic N) is 1. The summed E-state index contributed by atoms with van der Waals surface area (Å²) >= 11 is 2.87. The molecule has 0 N–H and O–H groups in total. The van der Waals surface area contributed by atoms with E-state index < -0.39 is 22.4 Å². The van der Waals surface area contributed by atoms with E-state index in [0.717, 1.165) is 0 Å². The molecule has 1 aromatic rings. The van der Waals surface area contributed by atoms with Crippen LogP contribution in [0.2, 0.25) is 0 Å². The molecule has 7 heteroatoms. The van der Waals surface area contributed by atoms with Gasteiger partial charge in [-0.2, -0.15) is 13.2 Å². The van der Waals surface area contributed by atoms with E-state index in [4.69, 9.17) is 0 Å². The summed E-state index contributed by atoms with van der Waals surface area (Å²) in [6, 6.07) is 1.97. The topological polar surface area (TPSA) is 43.1 Å². The number of aryl methyl sites for hydroxylation is 1. The molecule has 0 radical (unpaired) electrons. The zero-order chi connectivity index (χ0) is 11.8. The van der Waals surface area contributed by atoms with Gasteiger partial charge in [0.15, 0.2) is 0 Å². The van der Waals surface area contributed by atoms with Crippen LogP contribution in [0.4, 0.5) is 18.9 Å². The van der Waals surface area contributed by atoms with E-state index in [1.54, 1.807) is 0 Å². The third kappa shape index (κ3) is 2.47. The first-order valence-electron chi connectivity index (χ1n) is 3.75. The van der Waals surface area contributed by atoms with Crippen LogP contribution in [-0.4, -0.2) is 4.92 Å². The van der Waals surface area contributed by atoms with Crippen LogP contribution in [0.1, 0.15) is 11.1 Å². The van der Waals surface area contributed by atoms with Crippen LogP contribution >= 0.6 is 15.9 Å². The maximum Gasteiger partial charge on any atom is 0.423 e. The van der Waals surface area contributed by atoms with Crippen molar-refractivity contribution in [3.63, 3.8) is 0 Å². The maximum absolute atomic E-state index is 12.4. The van der Waals surface area contributed by atoms with E-state index in [1.165, 1.54) is 13.0 Å². The normalized spacial score (nSPS) is 11.5. The molecule has 0 aromatic heterocycles. The highest BCUT2D eigenvalue weighted by Gasteiger charge is 2.39. The predicted octanol–water partition coefficient (Wildman–Crippen LogP) is 3.68. The quantitative estimate of drug-likeness (QED) is 0.583. The number of hydrogen-bond acceptors (Lipinski definition) is 2. The average molecular weight is 284 g/mol. The molecular weight excluding hydrogens is 279 g/mol. The van der Waals surface area contributed by atoms with Gasteiger partial charge in [-0.15, -0.1) is 0 Å². The highest BCUT2D eigenvalue weighted by Crippen LogP contribution is 2.39. The highest BCUT2D eigenvalue weighted by molar-refractivity contribution is 9.10. The minimum absolute atomic E-state index is 0.0262. The fourth-order valence-corrected chi connectivity index (χ4v) is 1.77. The van der Waals surface area contributed by atoms with Crippen LogP contribution in [-0.2, 0) is 6.18 Å². The van der Waals surface area contributed by atoms with E-state index in [0.29, 0.717) is 6.07 Å². The summed E-state index contributed by atoms with van der Waals surface area (Å²) < 4.78 is 37.5. The van der Waals surface area contributed by atoms with E-state index in [9.17, 15) is 23.3 Å². The number of halogens is 4. The smallest absolute Gasteiger partial charge is 0.258 e. The molecule has 0 spiro atoms. The lowest BCUT2D eigenvalue weighted by Crippen LogP contribution is -2.10. The van der Waals surface area contributed by atoms with Gasteiger partial charge in [-0.3, -0.25) is 10.1 Å². The van der Waals surface area contributed by atoms with Crippen LogP contribution in [0.25, 0.3) is 0 Å². The van der Waals surface area contributed by atoms with Crippen LogP contribution in [0.5, 0.6) is 0 Å². The molecular formula is C8H5BrF3NO2. The van der Waals surface area contributed by atoms with Gasteiger partial charge in [0.25, 0.3) is 5.69 Å². The summed E-state index contributed by atoms with van der Waals surface area (Å²) in [5.41, 5.74) is -2.16. The fraction of sp³-hybridized carbons (Fsp3) is 0.250. The molecule has 1 rings (SSSR count). The van der Waals surface area contributed by atoms with Crippen molar-refractivity contribution in [2.75, 3.05) is 0 Å². The Kier molecular flexibility index (Phi) is 3.03. The lowest BCUT2D eigenvalue weighted by molar-refractivity contribution is -0.388. The lowest BCUT2D eigenvalue weighted by Gasteiger charge is -2.09. The van der Waals surface area contributed by atoms with Gasteiger partial charge in [0, 0.05) is 10.0 Å². The van der Waals surface area contributed by atoms with Gasteiger partial charge in [0.1, 0.15) is 5.56 Å². The molecule has 0 fully saturated rings. The summed E-state index contributed by atoms with van der Waals surface area (Å²) in [6.45, 7) is 1.26. The van der Waals surface area contributed by atoms with Crippen molar-refractivity contribution < 1.29 is 18.1 Å². The van der Waals surface area contributed by atoms with Gasteiger partial charge in [-0.1, -0.05) is 15.9 Å². The van der Waals surface area contributed by atoms with E-state index in [1.807, 2.05) is 0 Å². The standard InChI is InChI=1S/C8H5BrF3NO2/c1-4-2-5(9)3-6(8(10,11)12)7(4)13(14)15/h2-3H,1H3. The summed E-state index contributed by atoms with van der Waals surface area (Å²) in [7, 11) is 0. The molecule has 0 aliphatic rings. The Morgan fingerprint density at radius 2 is 1.93 bits per heavy atom. The first-order valence-corrected chi connectivity index (χ1v) is 4.54. The van der Waals surface area contributed by atoms with Gasteiger partial charge in [0.2, 0.25) is 0 Å². The third-order valence-electron chi connectivity index (χ3n) is 1.75. The predicted molar refractivity (Wildman–Crippen MR) is 50.5 cm³/mol. The Morgan fingerprint density at radius 3 is 2.33 bits per heavy atom. The molecule has 0 atom stereocenters. The number of hydrogen-bond donors (Lipinski definition) is 0. The second-order valence-electron chi connectivity index (χ2n) is 2.87. The van der Waals surface area contributed by atoms with Crippen molar-refractivity contribution in [3.05, 3.63) is 37.8 Å². The Morgan fingerprint density at radius 1 is 1.40 bits per heavy atom. The molecule has 0 aliphatic heterocycles. The van der Waals surface area contributed by atoms with Crippen molar-refractivity contribution >= 4 is 21.6 Å². The number of alkyl halides is 3. The van der Waals surface area contributed by atoms with Crippen molar-refractivity contribution in [1.82, 2.24) is 0 Å². The average Bonchev–Trinajstić information content (AvgIpc) is 1.99. The molecule has 0 unspecified atom stereocenters. The lowest BCUT2D eigenvalue weighted by atomic mass is 10.1. The van der Waals surface area contributed by atoms with Gasteiger partial charge in [0.05, 0.1) is 4.92 Å². The maximum atomic E-state index is 12.4. The molecule has 0 bridgehead atoms. The highest BCUT2D eigenvalue weighted by atomic mass is 79.9. The van der Waals surface area contributed by atoms with Gasteiger partial charge in [-0.05, 0) is 19.1 Å². The van der Waals surface area contributed by atoms with Crippen molar-refractivity contribution in [3.8, 4) is 0 Å². The third-order valence-corrected chi connectivity index (χ3v) is 2.21. The zero-order valence-electron chi connectivity index (χ0n) is 7.43. The number of nitro groups is 1. The molecule has 82 valence electrons. The van der Waals surface area contributed by atoms with E-state index >= 15 is 0 Å². The van der Waals surface area contributed by atoms with Crippen molar-refractivity contribution in [2.24, 2.45) is 0 Å². The molecule has 0 amide bonds. The second kappa shape index (κ2) is 3.80. The van der Waals surface area contributed by atoms with Gasteiger partial charge < -0.3 is 0 Å². The number of nitro benzene ring substituents is 1. The minimum Gasteiger partial charge on any atom is -0.258 e. The number of benzene rings is 1. The summed E-state index contributed by atoms with van der Waals surface area (Å²) in [4.78, 5) is 9.47.